The SMILES string of the molecule is CCCOC(=O)N1CCN(C(=O)c2ccc3c(Cl)cc(-c4ccc(C(C)N5CCCC5)cc4)nc3c2)C[C@H]1C. The Morgan fingerprint density at radius 1 is 1.05 bits per heavy atom. The van der Waals surface area contributed by atoms with E-state index in [-0.39, 0.29) is 18.0 Å². The lowest BCUT2D eigenvalue weighted by atomic mass is 10.0. The molecule has 39 heavy (non-hydrogen) atoms. The molecule has 7 nitrogen and oxygen atoms in total. The van der Waals surface area contributed by atoms with Crippen LogP contribution < -0.4 is 0 Å². The highest BCUT2D eigenvalue weighted by Crippen LogP contribution is 2.31. The number of hydrogen-bond donors (Lipinski definition) is 0. The van der Waals surface area contributed by atoms with Gasteiger partial charge in [-0.2, -0.15) is 0 Å². The normalized spacial score (nSPS) is 18.9. The molecule has 2 aliphatic rings. The fraction of sp³-hybridized carbons (Fsp3) is 0.452. The van der Waals surface area contributed by atoms with Crippen molar-refractivity contribution in [1.82, 2.24) is 19.7 Å². The average molecular weight is 549 g/mol. The van der Waals surface area contributed by atoms with Gasteiger partial charge in [0.25, 0.3) is 5.91 Å². The maximum atomic E-state index is 13.4. The van der Waals surface area contributed by atoms with Gasteiger partial charge in [-0.15, -0.1) is 0 Å². The number of piperazine rings is 1. The molecule has 2 aliphatic heterocycles. The van der Waals surface area contributed by atoms with Crippen molar-refractivity contribution >= 4 is 34.5 Å². The van der Waals surface area contributed by atoms with E-state index in [1.54, 1.807) is 15.9 Å². The van der Waals surface area contributed by atoms with Gasteiger partial charge in [0.1, 0.15) is 0 Å². The monoisotopic (exact) mass is 548 g/mol. The highest BCUT2D eigenvalue weighted by molar-refractivity contribution is 6.35. The molecule has 2 saturated heterocycles. The largest absolute Gasteiger partial charge is 0.449 e. The first-order chi connectivity index (χ1) is 18.9. The zero-order valence-electron chi connectivity index (χ0n) is 23.0. The number of pyridine rings is 1. The summed E-state index contributed by atoms with van der Waals surface area (Å²) in [7, 11) is 0. The van der Waals surface area contributed by atoms with Gasteiger partial charge in [0.05, 0.1) is 22.8 Å². The maximum absolute atomic E-state index is 13.4. The topological polar surface area (TPSA) is 66.0 Å². The highest BCUT2D eigenvalue weighted by atomic mass is 35.5. The molecule has 2 fully saturated rings. The second-order valence-corrected chi connectivity index (χ2v) is 11.1. The first-order valence-corrected chi connectivity index (χ1v) is 14.4. The van der Waals surface area contributed by atoms with Gasteiger partial charge in [-0.1, -0.05) is 48.9 Å². The molecule has 2 amide bonds. The van der Waals surface area contributed by atoms with Crippen LogP contribution in [-0.4, -0.2) is 77.1 Å². The highest BCUT2D eigenvalue weighted by Gasteiger charge is 2.31. The zero-order valence-corrected chi connectivity index (χ0v) is 23.8. The zero-order chi connectivity index (χ0) is 27.5. The summed E-state index contributed by atoms with van der Waals surface area (Å²) in [6, 6.07) is 16.2. The molecule has 0 bridgehead atoms. The van der Waals surface area contributed by atoms with Crippen LogP contribution in [0.1, 0.15) is 62.0 Å². The number of hydrogen-bond acceptors (Lipinski definition) is 5. The number of carbonyl (C=O) groups is 2. The number of nitrogens with zero attached hydrogens (tertiary/aromatic N) is 4. The van der Waals surface area contributed by atoms with Crippen LogP contribution in [0.3, 0.4) is 0 Å². The quantitative estimate of drug-likeness (QED) is 0.356. The van der Waals surface area contributed by atoms with Crippen molar-refractivity contribution in [3.63, 3.8) is 0 Å². The Morgan fingerprint density at radius 2 is 1.79 bits per heavy atom. The summed E-state index contributed by atoms with van der Waals surface area (Å²) < 4.78 is 5.29. The van der Waals surface area contributed by atoms with Crippen molar-refractivity contribution in [2.45, 2.75) is 52.1 Å². The van der Waals surface area contributed by atoms with Crippen LogP contribution in [0.15, 0.2) is 48.5 Å². The summed E-state index contributed by atoms with van der Waals surface area (Å²) in [4.78, 5) is 36.7. The molecule has 206 valence electrons. The predicted octanol–water partition coefficient (Wildman–Crippen LogP) is 6.40. The number of amides is 2. The number of ether oxygens (including phenoxy) is 1. The second-order valence-electron chi connectivity index (χ2n) is 10.7. The summed E-state index contributed by atoms with van der Waals surface area (Å²) >= 11 is 6.67. The molecule has 0 N–H and O–H groups in total. The van der Waals surface area contributed by atoms with E-state index in [0.717, 1.165) is 36.2 Å². The molecule has 0 radical (unpaired) electrons. The van der Waals surface area contributed by atoms with Crippen LogP contribution in [0.4, 0.5) is 4.79 Å². The van der Waals surface area contributed by atoms with E-state index in [0.29, 0.717) is 48.4 Å². The minimum atomic E-state index is -0.313. The maximum Gasteiger partial charge on any atom is 0.410 e. The minimum absolute atomic E-state index is 0.0751. The first kappa shape index (κ1) is 27.4. The van der Waals surface area contributed by atoms with Gasteiger partial charge in [0, 0.05) is 48.2 Å². The van der Waals surface area contributed by atoms with Crippen molar-refractivity contribution in [3.05, 3.63) is 64.7 Å². The Morgan fingerprint density at radius 3 is 2.49 bits per heavy atom. The van der Waals surface area contributed by atoms with Crippen LogP contribution in [-0.2, 0) is 4.74 Å². The fourth-order valence-electron chi connectivity index (χ4n) is 5.61. The molecule has 3 aromatic rings. The minimum Gasteiger partial charge on any atom is -0.449 e. The summed E-state index contributed by atoms with van der Waals surface area (Å²) in [5.41, 5.74) is 4.33. The van der Waals surface area contributed by atoms with E-state index in [4.69, 9.17) is 21.3 Å². The van der Waals surface area contributed by atoms with Gasteiger partial charge in [-0.3, -0.25) is 9.69 Å². The van der Waals surface area contributed by atoms with E-state index < -0.39 is 0 Å². The number of benzene rings is 2. The van der Waals surface area contributed by atoms with Crippen molar-refractivity contribution in [3.8, 4) is 11.3 Å². The van der Waals surface area contributed by atoms with E-state index in [1.165, 1.54) is 18.4 Å². The van der Waals surface area contributed by atoms with E-state index in [2.05, 4.69) is 36.1 Å². The standard InChI is InChI=1S/C31H37ClN4O3/c1-4-17-39-31(38)36-16-15-35(20-21(36)2)30(37)25-11-12-26-27(32)19-28(33-29(26)18-25)24-9-7-23(8-10-24)22(3)34-13-5-6-14-34/h7-12,18-19,21-22H,4-6,13-17,20H2,1-3H3/t21-,22?/m1/s1. The summed E-state index contributed by atoms with van der Waals surface area (Å²) in [6.07, 6.45) is 3.01. The van der Waals surface area contributed by atoms with Crippen LogP contribution in [0.25, 0.3) is 22.2 Å². The average Bonchev–Trinajstić information content (AvgIpc) is 3.50. The smallest absolute Gasteiger partial charge is 0.410 e. The van der Waals surface area contributed by atoms with Crippen LogP contribution in [0.5, 0.6) is 0 Å². The Balaban J connectivity index is 1.33. The molecule has 1 aromatic heterocycles. The van der Waals surface area contributed by atoms with Gasteiger partial charge in [-0.25, -0.2) is 9.78 Å². The summed E-state index contributed by atoms with van der Waals surface area (Å²) in [6.45, 7) is 10.3. The van der Waals surface area contributed by atoms with Gasteiger partial charge >= 0.3 is 6.09 Å². The van der Waals surface area contributed by atoms with Gasteiger partial charge < -0.3 is 14.5 Å². The Labute approximate surface area is 235 Å². The molecule has 3 heterocycles. The predicted molar refractivity (Wildman–Crippen MR) is 155 cm³/mol. The molecule has 2 aromatic carbocycles. The number of aromatic nitrogens is 1. The third-order valence-electron chi connectivity index (χ3n) is 7.96. The molecule has 0 saturated carbocycles. The van der Waals surface area contributed by atoms with Crippen molar-refractivity contribution < 1.29 is 14.3 Å². The molecular weight excluding hydrogens is 512 g/mol. The molecule has 8 heteroatoms. The number of halogens is 1. The third-order valence-corrected chi connectivity index (χ3v) is 8.28. The summed E-state index contributed by atoms with van der Waals surface area (Å²) in [5, 5.41) is 1.42. The van der Waals surface area contributed by atoms with Gasteiger partial charge in [0.2, 0.25) is 0 Å². The Bertz CT molecular complexity index is 1340. The third kappa shape index (κ3) is 5.89. The van der Waals surface area contributed by atoms with E-state index >= 15 is 0 Å². The molecular formula is C31H37ClN4O3. The second kappa shape index (κ2) is 11.9. The Kier molecular flexibility index (Phi) is 8.38. The number of carbonyl (C=O) groups excluding carboxylic acids is 2. The first-order valence-electron chi connectivity index (χ1n) is 14.0. The molecule has 0 aliphatic carbocycles. The van der Waals surface area contributed by atoms with Gasteiger partial charge in [-0.05, 0) is 70.0 Å². The lowest BCUT2D eigenvalue weighted by Gasteiger charge is -2.39. The number of fused-ring (bicyclic) bond motifs is 1. The van der Waals surface area contributed by atoms with E-state index in [9.17, 15) is 9.59 Å². The van der Waals surface area contributed by atoms with E-state index in [1.807, 2.05) is 32.0 Å². The molecule has 0 spiro atoms. The lowest BCUT2D eigenvalue weighted by Crippen LogP contribution is -2.55. The van der Waals surface area contributed by atoms with Crippen LogP contribution in [0.2, 0.25) is 5.02 Å². The van der Waals surface area contributed by atoms with Crippen molar-refractivity contribution in [2.24, 2.45) is 0 Å². The summed E-state index contributed by atoms with van der Waals surface area (Å²) in [5.74, 6) is -0.0751. The molecule has 5 rings (SSSR count). The van der Waals surface area contributed by atoms with Gasteiger partial charge in [0.15, 0.2) is 0 Å². The van der Waals surface area contributed by atoms with Crippen LogP contribution in [0, 0.1) is 0 Å². The molecule has 2 atom stereocenters. The number of likely N-dealkylation sites (tertiary alicyclic amines) is 1. The lowest BCUT2D eigenvalue weighted by molar-refractivity contribution is 0.0412. The fourth-order valence-corrected chi connectivity index (χ4v) is 5.87. The van der Waals surface area contributed by atoms with Crippen LogP contribution >= 0.6 is 11.6 Å². The van der Waals surface area contributed by atoms with Crippen molar-refractivity contribution in [2.75, 3.05) is 39.3 Å². The Hall–Kier alpha value is -3.16. The molecule has 1 unspecified atom stereocenters. The number of rotatable bonds is 6. The van der Waals surface area contributed by atoms with Crippen molar-refractivity contribution in [1.29, 1.82) is 0 Å².